The molecule has 0 aliphatic heterocycles. The molecule has 1 unspecified atom stereocenters. The molecule has 0 saturated heterocycles. The fourth-order valence-corrected chi connectivity index (χ4v) is 0.822. The molecule has 0 saturated carbocycles. The second-order valence-corrected chi connectivity index (χ2v) is 5.52. The summed E-state index contributed by atoms with van der Waals surface area (Å²) in [6.07, 6.45) is 1.81. The summed E-state index contributed by atoms with van der Waals surface area (Å²) in [6.45, 7) is 5.92. The Kier molecular flexibility index (Phi) is 2.86. The molecule has 3 heteroatoms. The lowest BCUT2D eigenvalue weighted by molar-refractivity contribution is 0.384. The molecule has 9 heavy (non-hydrogen) atoms. The highest BCUT2D eigenvalue weighted by molar-refractivity contribution is 8.16. The van der Waals surface area contributed by atoms with Crippen LogP contribution in [0.2, 0.25) is 0 Å². The summed E-state index contributed by atoms with van der Waals surface area (Å²) in [6, 6.07) is 0. The maximum Gasteiger partial charge on any atom is 0.205 e. The van der Waals surface area contributed by atoms with Crippen molar-refractivity contribution in [1.82, 2.24) is 0 Å². The van der Waals surface area contributed by atoms with E-state index >= 15 is 0 Å². The third-order valence-corrected chi connectivity index (χ3v) is 3.58. The van der Waals surface area contributed by atoms with Crippen molar-refractivity contribution in [3.05, 3.63) is 0 Å². The van der Waals surface area contributed by atoms with Gasteiger partial charge in [-0.25, -0.2) is 0 Å². The van der Waals surface area contributed by atoms with Gasteiger partial charge in [0.05, 0.1) is 0 Å². The van der Waals surface area contributed by atoms with E-state index in [1.54, 1.807) is 0 Å². The SMILES string of the molecule is CS(=C(O)O)C(C)(C)C. The normalized spacial score (nSPS) is 15.3. The van der Waals surface area contributed by atoms with Crippen molar-refractivity contribution in [3.8, 4) is 0 Å². The van der Waals surface area contributed by atoms with Gasteiger partial charge in [-0.05, 0) is 6.26 Å². The molecule has 0 radical (unpaired) electrons. The molecule has 0 amide bonds. The van der Waals surface area contributed by atoms with Crippen LogP contribution in [-0.2, 0) is 0 Å². The van der Waals surface area contributed by atoms with Crippen molar-refractivity contribution in [2.24, 2.45) is 0 Å². The topological polar surface area (TPSA) is 40.5 Å². The summed E-state index contributed by atoms with van der Waals surface area (Å²) >= 11 is 0. The van der Waals surface area contributed by atoms with Crippen LogP contribution < -0.4 is 0 Å². The maximum absolute atomic E-state index is 8.64. The minimum absolute atomic E-state index is 0.0289. The van der Waals surface area contributed by atoms with Crippen LogP contribution in [0.3, 0.4) is 0 Å². The van der Waals surface area contributed by atoms with Gasteiger partial charge in [-0.2, -0.15) is 0 Å². The Morgan fingerprint density at radius 3 is 1.56 bits per heavy atom. The molecule has 0 aromatic rings. The molecule has 0 heterocycles. The van der Waals surface area contributed by atoms with Gasteiger partial charge in [0.1, 0.15) is 0 Å². The van der Waals surface area contributed by atoms with Gasteiger partial charge in [0.25, 0.3) is 0 Å². The van der Waals surface area contributed by atoms with Crippen LogP contribution in [0, 0.1) is 0 Å². The van der Waals surface area contributed by atoms with Crippen LogP contribution in [0.4, 0.5) is 0 Å². The zero-order valence-corrected chi connectivity index (χ0v) is 7.12. The zero-order valence-electron chi connectivity index (χ0n) is 6.30. The molecule has 0 spiro atoms. The predicted octanol–water partition coefficient (Wildman–Crippen LogP) is 1.89. The van der Waals surface area contributed by atoms with Gasteiger partial charge >= 0.3 is 0 Å². The fourth-order valence-electron chi connectivity index (χ4n) is 0.274. The molecule has 2 N–H and O–H groups in total. The Morgan fingerprint density at radius 1 is 1.22 bits per heavy atom. The van der Waals surface area contributed by atoms with Crippen molar-refractivity contribution in [3.63, 3.8) is 0 Å². The highest BCUT2D eigenvalue weighted by atomic mass is 32.2. The first-order chi connectivity index (χ1) is 3.85. The molecule has 0 aliphatic rings. The molecule has 0 fully saturated rings. The third kappa shape index (κ3) is 2.98. The Hall–Kier alpha value is 0.140. The van der Waals surface area contributed by atoms with E-state index in [2.05, 4.69) is 0 Å². The van der Waals surface area contributed by atoms with Crippen molar-refractivity contribution in [1.29, 1.82) is 0 Å². The van der Waals surface area contributed by atoms with Crippen LogP contribution in [0.5, 0.6) is 0 Å². The van der Waals surface area contributed by atoms with Crippen LogP contribution >= 0.6 is 10.5 Å². The molecule has 2 nitrogen and oxygen atoms in total. The van der Waals surface area contributed by atoms with Gasteiger partial charge in [0, 0.05) is 4.75 Å². The summed E-state index contributed by atoms with van der Waals surface area (Å²) in [4.78, 5) is 0. The van der Waals surface area contributed by atoms with E-state index in [0.29, 0.717) is 0 Å². The number of rotatable bonds is 0. The van der Waals surface area contributed by atoms with Crippen LogP contribution in [0.25, 0.3) is 0 Å². The van der Waals surface area contributed by atoms with Crippen molar-refractivity contribution in [2.75, 3.05) is 6.26 Å². The number of aliphatic hydroxyl groups is 2. The first kappa shape index (κ1) is 9.14. The second-order valence-electron chi connectivity index (χ2n) is 2.91. The van der Waals surface area contributed by atoms with Gasteiger partial charge in [0.2, 0.25) is 5.24 Å². The van der Waals surface area contributed by atoms with Crippen LogP contribution in [-0.4, -0.2) is 26.5 Å². The molecular formula is C6H14O2S. The summed E-state index contributed by atoms with van der Waals surface area (Å²) in [5.74, 6) is 0. The summed E-state index contributed by atoms with van der Waals surface area (Å²) < 4.78 is -0.0289. The Morgan fingerprint density at radius 2 is 1.56 bits per heavy atom. The van der Waals surface area contributed by atoms with E-state index in [-0.39, 0.29) is 4.75 Å². The molecule has 0 bridgehead atoms. The van der Waals surface area contributed by atoms with E-state index in [0.717, 1.165) is 0 Å². The van der Waals surface area contributed by atoms with Gasteiger partial charge in [-0.15, -0.1) is 10.5 Å². The summed E-state index contributed by atoms with van der Waals surface area (Å²) in [7, 11) is -0.411. The lowest BCUT2D eigenvalue weighted by Crippen LogP contribution is -2.14. The van der Waals surface area contributed by atoms with Gasteiger partial charge < -0.3 is 10.2 Å². The molecular weight excluding hydrogens is 136 g/mol. The lowest BCUT2D eigenvalue weighted by Gasteiger charge is -2.20. The van der Waals surface area contributed by atoms with E-state index in [9.17, 15) is 0 Å². The third-order valence-electron chi connectivity index (χ3n) is 1.19. The standard InChI is InChI=1S/C6H14O2S/c1-6(2,3)9(4)5(7)8/h7-8H,1-4H3. The zero-order chi connectivity index (χ0) is 7.65. The minimum Gasteiger partial charge on any atom is -0.337 e. The monoisotopic (exact) mass is 150 g/mol. The first-order valence-electron chi connectivity index (χ1n) is 2.76. The lowest BCUT2D eigenvalue weighted by atomic mass is 10.3. The number of aliphatic hydroxyl groups excluding tert-OH is 1. The highest BCUT2D eigenvalue weighted by Gasteiger charge is 2.13. The molecule has 0 aromatic heterocycles. The molecule has 0 rings (SSSR count). The summed E-state index contributed by atoms with van der Waals surface area (Å²) in [5, 5.41) is 16.8. The molecule has 0 aromatic carbocycles. The highest BCUT2D eigenvalue weighted by Crippen LogP contribution is 2.28. The van der Waals surface area contributed by atoms with E-state index in [1.165, 1.54) is 0 Å². The first-order valence-corrected chi connectivity index (χ1v) is 4.40. The number of hydrogen-bond donors (Lipinski definition) is 2. The fraction of sp³-hybridized carbons (Fsp3) is 0.833. The quantitative estimate of drug-likeness (QED) is 0.518. The average Bonchev–Trinajstić information content (AvgIpc) is 1.62. The van der Waals surface area contributed by atoms with Crippen molar-refractivity contribution < 1.29 is 10.2 Å². The van der Waals surface area contributed by atoms with Crippen molar-refractivity contribution in [2.45, 2.75) is 25.5 Å². The van der Waals surface area contributed by atoms with Gasteiger partial charge in [-0.1, -0.05) is 20.8 Å². The van der Waals surface area contributed by atoms with E-state index in [1.807, 2.05) is 27.0 Å². The maximum atomic E-state index is 8.64. The molecule has 56 valence electrons. The Bertz CT molecular complexity index is 128. The Labute approximate surface area is 58.4 Å². The predicted molar refractivity (Wildman–Crippen MR) is 43.5 cm³/mol. The average molecular weight is 150 g/mol. The van der Waals surface area contributed by atoms with Gasteiger partial charge in [-0.3, -0.25) is 0 Å². The van der Waals surface area contributed by atoms with Crippen LogP contribution in [0.1, 0.15) is 20.8 Å². The van der Waals surface area contributed by atoms with Crippen molar-refractivity contribution >= 4 is 15.7 Å². The van der Waals surface area contributed by atoms with E-state index < -0.39 is 15.7 Å². The molecule has 0 aliphatic carbocycles. The Balaban J connectivity index is 4.40. The number of hydrogen-bond acceptors (Lipinski definition) is 0. The summed E-state index contributed by atoms with van der Waals surface area (Å²) in [5.41, 5.74) is 0. The smallest absolute Gasteiger partial charge is 0.205 e. The van der Waals surface area contributed by atoms with Gasteiger partial charge in [0.15, 0.2) is 0 Å². The van der Waals surface area contributed by atoms with E-state index in [4.69, 9.17) is 10.2 Å². The minimum atomic E-state index is -0.442. The van der Waals surface area contributed by atoms with Crippen LogP contribution in [0.15, 0.2) is 0 Å². The second kappa shape index (κ2) is 2.82. The molecule has 1 atom stereocenters. The largest absolute Gasteiger partial charge is 0.337 e.